The van der Waals surface area contributed by atoms with Gasteiger partial charge in [0.2, 0.25) is 5.91 Å². The minimum atomic E-state index is -3.64. The summed E-state index contributed by atoms with van der Waals surface area (Å²) in [5.41, 5.74) is 6.52. The van der Waals surface area contributed by atoms with E-state index in [1.165, 1.54) is 6.07 Å². The molecule has 24 heavy (non-hydrogen) atoms. The van der Waals surface area contributed by atoms with Crippen LogP contribution in [0.4, 0.5) is 0 Å². The number of amides is 1. The van der Waals surface area contributed by atoms with E-state index in [0.717, 1.165) is 16.9 Å². The van der Waals surface area contributed by atoms with E-state index in [4.69, 9.17) is 5.73 Å². The van der Waals surface area contributed by atoms with E-state index in [9.17, 15) is 13.2 Å². The second-order valence-electron chi connectivity index (χ2n) is 5.20. The maximum atomic E-state index is 12.4. The second kappa shape index (κ2) is 8.93. The molecule has 0 saturated heterocycles. The maximum absolute atomic E-state index is 12.4. The number of nitrogens with zero attached hydrogens (tertiary/aromatic N) is 1. The molecule has 130 valence electrons. The summed E-state index contributed by atoms with van der Waals surface area (Å²) in [6.45, 7) is 1.13. The van der Waals surface area contributed by atoms with Crippen molar-refractivity contribution in [3.8, 4) is 0 Å². The average molecular weight is 367 g/mol. The third kappa shape index (κ3) is 5.41. The molecule has 2 rings (SSSR count). The molecule has 0 aliphatic carbocycles. The minimum absolute atomic E-state index is 0.201. The molecule has 0 bridgehead atoms. The van der Waals surface area contributed by atoms with Gasteiger partial charge in [-0.15, -0.1) is 11.3 Å². The molecule has 0 radical (unpaired) electrons. The van der Waals surface area contributed by atoms with Crippen molar-refractivity contribution >= 4 is 27.3 Å². The van der Waals surface area contributed by atoms with E-state index in [2.05, 4.69) is 4.72 Å². The van der Waals surface area contributed by atoms with E-state index in [0.29, 0.717) is 26.1 Å². The Bertz CT molecular complexity index is 731. The Morgan fingerprint density at radius 1 is 1.17 bits per heavy atom. The number of sulfonamides is 1. The number of carbonyl (C=O) groups is 1. The molecule has 8 heteroatoms. The van der Waals surface area contributed by atoms with E-state index in [-0.39, 0.29) is 16.7 Å². The van der Waals surface area contributed by atoms with Crippen molar-refractivity contribution in [2.75, 3.05) is 19.6 Å². The predicted molar refractivity (Wildman–Crippen MR) is 95.0 cm³/mol. The molecule has 0 unspecified atom stereocenters. The summed E-state index contributed by atoms with van der Waals surface area (Å²) in [6, 6.07) is 12.7. The van der Waals surface area contributed by atoms with E-state index >= 15 is 0 Å². The van der Waals surface area contributed by atoms with Crippen LogP contribution in [0.3, 0.4) is 0 Å². The molecular weight excluding hydrogens is 346 g/mol. The number of thiophene rings is 1. The number of nitrogens with two attached hydrogens (primary N) is 1. The number of hydrogen-bond acceptors (Lipinski definition) is 5. The summed E-state index contributed by atoms with van der Waals surface area (Å²) in [5, 5.41) is 1.68. The van der Waals surface area contributed by atoms with Gasteiger partial charge >= 0.3 is 0 Å². The Labute approximate surface area is 146 Å². The van der Waals surface area contributed by atoms with Crippen LogP contribution >= 0.6 is 11.3 Å². The van der Waals surface area contributed by atoms with Crippen LogP contribution in [0.2, 0.25) is 0 Å². The zero-order valence-electron chi connectivity index (χ0n) is 13.2. The average Bonchev–Trinajstić information content (AvgIpc) is 3.13. The lowest BCUT2D eigenvalue weighted by molar-refractivity contribution is -0.130. The van der Waals surface area contributed by atoms with Gasteiger partial charge in [0.05, 0.1) is 6.54 Å². The fraction of sp³-hybridized carbons (Fsp3) is 0.312. The lowest BCUT2D eigenvalue weighted by atomic mass is 10.2. The number of nitrogens with one attached hydrogen (secondary N) is 1. The summed E-state index contributed by atoms with van der Waals surface area (Å²) >= 11 is 1.11. The highest BCUT2D eigenvalue weighted by Gasteiger charge is 2.19. The molecule has 1 aromatic carbocycles. The minimum Gasteiger partial charge on any atom is -0.337 e. The molecule has 0 fully saturated rings. The van der Waals surface area contributed by atoms with Crippen molar-refractivity contribution in [1.82, 2.24) is 9.62 Å². The monoisotopic (exact) mass is 367 g/mol. The number of carbonyl (C=O) groups excluding carboxylic acids is 1. The molecule has 0 atom stereocenters. The molecule has 0 spiro atoms. The molecule has 3 N–H and O–H groups in total. The van der Waals surface area contributed by atoms with Crippen molar-refractivity contribution in [3.05, 3.63) is 53.4 Å². The smallest absolute Gasteiger partial charge is 0.250 e. The summed E-state index contributed by atoms with van der Waals surface area (Å²) < 4.78 is 26.8. The standard InChI is InChI=1S/C16H21N3O3S2/c17-9-5-10-19(13-14-6-2-1-3-7-14)15(20)12-18-24(21,22)16-8-4-11-23-16/h1-4,6-8,11,18H,5,9-10,12-13,17H2. The summed E-state index contributed by atoms with van der Waals surface area (Å²) in [7, 11) is -3.64. The first-order chi connectivity index (χ1) is 11.5. The van der Waals surface area contributed by atoms with Gasteiger partial charge in [-0.05, 0) is 30.0 Å². The fourth-order valence-electron chi connectivity index (χ4n) is 2.13. The van der Waals surface area contributed by atoms with Gasteiger partial charge in [0.25, 0.3) is 10.0 Å². The Morgan fingerprint density at radius 2 is 1.92 bits per heavy atom. The third-order valence-electron chi connectivity index (χ3n) is 3.37. The van der Waals surface area contributed by atoms with Gasteiger partial charge in [-0.25, -0.2) is 13.1 Å². The largest absolute Gasteiger partial charge is 0.337 e. The molecule has 6 nitrogen and oxygen atoms in total. The lowest BCUT2D eigenvalue weighted by Crippen LogP contribution is -2.40. The quantitative estimate of drug-likeness (QED) is 0.701. The van der Waals surface area contributed by atoms with Crippen LogP contribution in [0.15, 0.2) is 52.1 Å². The van der Waals surface area contributed by atoms with Crippen LogP contribution in [-0.2, 0) is 21.4 Å². The van der Waals surface area contributed by atoms with Gasteiger partial charge in [-0.3, -0.25) is 4.79 Å². The van der Waals surface area contributed by atoms with Gasteiger partial charge in [0.1, 0.15) is 4.21 Å². The molecule has 0 aliphatic rings. The summed E-state index contributed by atoms with van der Waals surface area (Å²) in [6.07, 6.45) is 0.663. The Kier molecular flexibility index (Phi) is 6.92. The highest BCUT2D eigenvalue weighted by molar-refractivity contribution is 7.91. The molecular formula is C16H21N3O3S2. The van der Waals surface area contributed by atoms with Crippen molar-refractivity contribution < 1.29 is 13.2 Å². The lowest BCUT2D eigenvalue weighted by Gasteiger charge is -2.23. The Morgan fingerprint density at radius 3 is 2.54 bits per heavy atom. The van der Waals surface area contributed by atoms with Crippen LogP contribution in [-0.4, -0.2) is 38.9 Å². The van der Waals surface area contributed by atoms with E-state index in [1.54, 1.807) is 16.3 Å². The molecule has 1 amide bonds. The number of rotatable bonds is 9. The molecule has 0 saturated carbocycles. The van der Waals surface area contributed by atoms with Crippen LogP contribution < -0.4 is 10.5 Å². The highest BCUT2D eigenvalue weighted by Crippen LogP contribution is 2.15. The van der Waals surface area contributed by atoms with Gasteiger partial charge in [-0.2, -0.15) is 0 Å². The van der Waals surface area contributed by atoms with Crippen molar-refractivity contribution in [2.45, 2.75) is 17.2 Å². The molecule has 2 aromatic rings. The SMILES string of the molecule is NCCCN(Cc1ccccc1)C(=O)CNS(=O)(=O)c1cccs1. The van der Waals surface area contributed by atoms with Crippen molar-refractivity contribution in [1.29, 1.82) is 0 Å². The van der Waals surface area contributed by atoms with Gasteiger partial charge in [0, 0.05) is 13.1 Å². The zero-order chi connectivity index (χ0) is 17.4. The topological polar surface area (TPSA) is 92.5 Å². The molecule has 1 aromatic heterocycles. The van der Waals surface area contributed by atoms with Crippen LogP contribution in [0.1, 0.15) is 12.0 Å². The van der Waals surface area contributed by atoms with Crippen LogP contribution in [0.25, 0.3) is 0 Å². The highest BCUT2D eigenvalue weighted by atomic mass is 32.2. The Hall–Kier alpha value is -1.74. The van der Waals surface area contributed by atoms with Crippen molar-refractivity contribution in [2.24, 2.45) is 5.73 Å². The van der Waals surface area contributed by atoms with E-state index in [1.807, 2.05) is 30.3 Å². The Balaban J connectivity index is 1.99. The normalized spacial score (nSPS) is 11.4. The van der Waals surface area contributed by atoms with Crippen molar-refractivity contribution in [3.63, 3.8) is 0 Å². The fourth-order valence-corrected chi connectivity index (χ4v) is 4.15. The predicted octanol–water partition coefficient (Wildman–Crippen LogP) is 1.40. The van der Waals surface area contributed by atoms with Crippen LogP contribution in [0, 0.1) is 0 Å². The summed E-state index contributed by atoms with van der Waals surface area (Å²) in [4.78, 5) is 14.1. The molecule has 0 aliphatic heterocycles. The second-order valence-corrected chi connectivity index (χ2v) is 8.14. The number of benzene rings is 1. The van der Waals surface area contributed by atoms with E-state index < -0.39 is 10.0 Å². The van der Waals surface area contributed by atoms with Gasteiger partial charge in [-0.1, -0.05) is 36.4 Å². The first-order valence-electron chi connectivity index (χ1n) is 7.58. The summed E-state index contributed by atoms with van der Waals surface area (Å²) in [5.74, 6) is -0.271. The van der Waals surface area contributed by atoms with Gasteiger partial charge < -0.3 is 10.6 Å². The number of hydrogen-bond donors (Lipinski definition) is 2. The first kappa shape index (κ1) is 18.6. The molecule has 1 heterocycles. The van der Waals surface area contributed by atoms with Crippen LogP contribution in [0.5, 0.6) is 0 Å². The first-order valence-corrected chi connectivity index (χ1v) is 9.94. The van der Waals surface area contributed by atoms with Gasteiger partial charge in [0.15, 0.2) is 0 Å². The maximum Gasteiger partial charge on any atom is 0.250 e. The zero-order valence-corrected chi connectivity index (χ0v) is 14.9. The third-order valence-corrected chi connectivity index (χ3v) is 6.17.